The van der Waals surface area contributed by atoms with Gasteiger partial charge >= 0.3 is 23.9 Å². The van der Waals surface area contributed by atoms with Crippen LogP contribution in [0.1, 0.15) is 44.4 Å². The van der Waals surface area contributed by atoms with Crippen molar-refractivity contribution in [3.05, 3.63) is 138 Å². The molecule has 0 amide bonds. The van der Waals surface area contributed by atoms with Crippen molar-refractivity contribution < 1.29 is 44.2 Å². The maximum atomic E-state index is 11.5. The Morgan fingerprint density at radius 3 is 1.26 bits per heavy atom. The highest BCUT2D eigenvalue weighted by molar-refractivity contribution is 6.04. The molecule has 1 aliphatic rings. The van der Waals surface area contributed by atoms with Crippen molar-refractivity contribution in [1.29, 1.82) is 0 Å². The Morgan fingerprint density at radius 2 is 0.930 bits per heavy atom. The zero-order chi connectivity index (χ0) is 41.5. The minimum Gasteiger partial charge on any atom is -0.480 e. The number of carbonyl (C=O) groups is 4. The summed E-state index contributed by atoms with van der Waals surface area (Å²) in [5.41, 5.74) is 8.37. The molecule has 57 heavy (non-hydrogen) atoms. The second-order valence-electron chi connectivity index (χ2n) is 13.2. The van der Waals surface area contributed by atoms with E-state index in [1.54, 1.807) is 19.3 Å². The van der Waals surface area contributed by atoms with Crippen molar-refractivity contribution in [2.24, 2.45) is 0 Å². The minimum absolute atomic E-state index is 0.125. The van der Waals surface area contributed by atoms with Crippen LogP contribution in [-0.2, 0) is 19.2 Å². The molecule has 298 valence electrons. The molecule has 0 radical (unpaired) electrons. The van der Waals surface area contributed by atoms with Crippen LogP contribution in [0.3, 0.4) is 0 Å². The zero-order valence-electron chi connectivity index (χ0n) is 32.8. The zero-order valence-corrected chi connectivity index (χ0v) is 32.8. The first-order valence-electron chi connectivity index (χ1n) is 18.9. The van der Waals surface area contributed by atoms with Crippen LogP contribution in [0.15, 0.2) is 121 Å². The van der Waals surface area contributed by atoms with E-state index in [1.807, 2.05) is 143 Å². The summed E-state index contributed by atoms with van der Waals surface area (Å²) in [6, 6.07) is 23.1. The van der Waals surface area contributed by atoms with E-state index in [0.29, 0.717) is 26.2 Å². The molecule has 1 aliphatic carbocycles. The summed E-state index contributed by atoms with van der Waals surface area (Å²) in [7, 11) is 0. The van der Waals surface area contributed by atoms with E-state index < -0.39 is 23.9 Å². The molecule has 0 fully saturated rings. The number of hydrogen-bond acceptors (Lipinski definition) is 7. The first-order valence-corrected chi connectivity index (χ1v) is 18.9. The van der Waals surface area contributed by atoms with E-state index in [4.69, 9.17) is 0 Å². The average Bonchev–Trinajstić information content (AvgIpc) is 3.20. The SMILES string of the molecule is CCN(CC(=O)O)c1ccc(C(=C/C=C/C(=C2C=CC(=[N+](CC)CC(=O)O)C=C2)c2ccc(N(CC)CC(=O)O)cc2)c2ccc(N(CC)CC(=O)O)cc2)cc1. The lowest BCUT2D eigenvalue weighted by Gasteiger charge is -2.22. The monoisotopic (exact) mass is 775 g/mol. The number of rotatable bonds is 20. The van der Waals surface area contributed by atoms with E-state index in [0.717, 1.165) is 56.2 Å². The van der Waals surface area contributed by atoms with Gasteiger partial charge < -0.3 is 35.1 Å². The number of allylic oxidation sites excluding steroid dienone is 9. The van der Waals surface area contributed by atoms with Gasteiger partial charge in [-0.05, 0) is 110 Å². The molecule has 4 rings (SSSR count). The predicted octanol–water partition coefficient (Wildman–Crippen LogP) is 6.55. The Morgan fingerprint density at radius 1 is 0.544 bits per heavy atom. The van der Waals surface area contributed by atoms with Crippen molar-refractivity contribution in [3.63, 3.8) is 0 Å². The topological polar surface area (TPSA) is 162 Å². The smallest absolute Gasteiger partial charge is 0.369 e. The van der Waals surface area contributed by atoms with E-state index in [9.17, 15) is 39.6 Å². The summed E-state index contributed by atoms with van der Waals surface area (Å²) < 4.78 is 1.77. The Bertz CT molecular complexity index is 2010. The van der Waals surface area contributed by atoms with Crippen LogP contribution in [0.5, 0.6) is 0 Å². The van der Waals surface area contributed by atoms with Crippen molar-refractivity contribution in [3.8, 4) is 0 Å². The van der Waals surface area contributed by atoms with Crippen LogP contribution in [0.2, 0.25) is 0 Å². The second-order valence-corrected chi connectivity index (χ2v) is 13.2. The number of benzene rings is 3. The summed E-state index contributed by atoms with van der Waals surface area (Å²) in [4.78, 5) is 51.3. The average molecular weight is 776 g/mol. The fourth-order valence-corrected chi connectivity index (χ4v) is 6.56. The van der Waals surface area contributed by atoms with Gasteiger partial charge in [0.05, 0.1) is 0 Å². The van der Waals surface area contributed by atoms with Crippen molar-refractivity contribution in [1.82, 2.24) is 0 Å². The van der Waals surface area contributed by atoms with E-state index in [2.05, 4.69) is 0 Å². The molecule has 3 aromatic rings. The highest BCUT2D eigenvalue weighted by atomic mass is 16.4. The Hall–Kier alpha value is -6.69. The highest BCUT2D eigenvalue weighted by Gasteiger charge is 2.17. The standard InChI is InChI=1S/C45H50N4O8/c1-5-46(28-42(50)51)36-20-12-32(13-21-36)40(33-14-22-37(23-15-33)47(6-2)29-43(52)53)10-9-11-41(34-16-24-38(25-17-34)48(7-3)30-44(54)55)35-18-26-39(27-19-35)49(8-4)31-45(56)57/h9-27H,5-8,28-31H2,1-4H3,(H3-,50,51,52,53,54,55,56,57)/p+1. The largest absolute Gasteiger partial charge is 0.480 e. The maximum absolute atomic E-state index is 11.5. The van der Waals surface area contributed by atoms with Crippen molar-refractivity contribution >= 4 is 57.8 Å². The predicted molar refractivity (Wildman–Crippen MR) is 226 cm³/mol. The van der Waals surface area contributed by atoms with Crippen LogP contribution in [0.25, 0.3) is 11.1 Å². The quantitative estimate of drug-likeness (QED) is 0.0728. The molecule has 0 heterocycles. The van der Waals surface area contributed by atoms with E-state index in [-0.39, 0.29) is 26.2 Å². The number of hydrogen-bond donors (Lipinski definition) is 4. The fraction of sp³-hybridized carbons (Fsp3) is 0.267. The van der Waals surface area contributed by atoms with Crippen molar-refractivity contribution in [2.45, 2.75) is 27.7 Å². The lowest BCUT2D eigenvalue weighted by Crippen LogP contribution is -2.29. The molecule has 12 nitrogen and oxygen atoms in total. The molecule has 0 atom stereocenters. The summed E-state index contributed by atoms with van der Waals surface area (Å²) in [6.07, 6.45) is 13.6. The summed E-state index contributed by atoms with van der Waals surface area (Å²) in [6.45, 7) is 9.20. The summed E-state index contributed by atoms with van der Waals surface area (Å²) in [5.74, 6) is -3.67. The lowest BCUT2D eigenvalue weighted by molar-refractivity contribution is -0.513. The Kier molecular flexibility index (Phi) is 15.7. The fourth-order valence-electron chi connectivity index (χ4n) is 6.56. The van der Waals surface area contributed by atoms with Gasteiger partial charge in [-0.1, -0.05) is 54.6 Å². The normalized spacial score (nSPS) is 12.0. The summed E-state index contributed by atoms with van der Waals surface area (Å²) >= 11 is 0. The molecule has 0 unspecified atom stereocenters. The van der Waals surface area contributed by atoms with Gasteiger partial charge in [-0.25, -0.2) is 9.37 Å². The van der Waals surface area contributed by atoms with Crippen molar-refractivity contribution in [2.75, 3.05) is 67.1 Å². The number of nitrogens with zero attached hydrogens (tertiary/aromatic N) is 4. The van der Waals surface area contributed by atoms with Gasteiger partial charge in [-0.3, -0.25) is 14.4 Å². The molecule has 0 bridgehead atoms. The van der Waals surface area contributed by atoms with Gasteiger partial charge in [-0.15, -0.1) is 0 Å². The molecule has 0 aliphatic heterocycles. The van der Waals surface area contributed by atoms with Crippen LogP contribution in [0, 0.1) is 0 Å². The highest BCUT2D eigenvalue weighted by Crippen LogP contribution is 2.30. The van der Waals surface area contributed by atoms with Gasteiger partial charge in [0.15, 0.2) is 5.71 Å². The third-order valence-corrected chi connectivity index (χ3v) is 9.53. The molecule has 0 saturated carbocycles. The molecular weight excluding hydrogens is 725 g/mol. The number of carboxylic acid groups (broad SMARTS) is 4. The van der Waals surface area contributed by atoms with Gasteiger partial charge in [0, 0.05) is 48.8 Å². The van der Waals surface area contributed by atoms with Gasteiger partial charge in [0.2, 0.25) is 6.54 Å². The first kappa shape index (κ1) is 43.0. The van der Waals surface area contributed by atoms with Crippen LogP contribution in [-0.4, -0.2) is 107 Å². The molecule has 3 aromatic carbocycles. The third-order valence-electron chi connectivity index (χ3n) is 9.53. The van der Waals surface area contributed by atoms with Crippen LogP contribution < -0.4 is 14.7 Å². The molecule has 12 heteroatoms. The lowest BCUT2D eigenvalue weighted by atomic mass is 9.94. The number of aliphatic carboxylic acids is 4. The van der Waals surface area contributed by atoms with Crippen LogP contribution in [0.4, 0.5) is 17.1 Å². The van der Waals surface area contributed by atoms with Gasteiger partial charge in [0.1, 0.15) is 26.2 Å². The molecule has 0 saturated heterocycles. The molecule has 0 aromatic heterocycles. The summed E-state index contributed by atoms with van der Waals surface area (Å²) in [5, 5.41) is 37.7. The third kappa shape index (κ3) is 12.1. The van der Waals surface area contributed by atoms with Crippen LogP contribution >= 0.6 is 0 Å². The number of carboxylic acids is 4. The molecule has 4 N–H and O–H groups in total. The second kappa shape index (κ2) is 20.8. The van der Waals surface area contributed by atoms with E-state index >= 15 is 0 Å². The number of likely N-dealkylation sites (N-methyl/N-ethyl adjacent to an activating group) is 4. The minimum atomic E-state index is -0.919. The van der Waals surface area contributed by atoms with E-state index in [1.165, 1.54) is 0 Å². The molecular formula is C45H51N4O8+. The Balaban J connectivity index is 1.84. The molecule has 0 spiro atoms. The Labute approximate surface area is 333 Å². The van der Waals surface area contributed by atoms with Gasteiger partial charge in [0.25, 0.3) is 0 Å². The first-order chi connectivity index (χ1) is 27.4. The number of anilines is 3. The maximum Gasteiger partial charge on any atom is 0.369 e. The van der Waals surface area contributed by atoms with Gasteiger partial charge in [-0.2, -0.15) is 0 Å².